The van der Waals surface area contributed by atoms with Gasteiger partial charge in [0.25, 0.3) is 0 Å². The van der Waals surface area contributed by atoms with Crippen LogP contribution in [0.25, 0.3) is 11.4 Å². The SMILES string of the molecule is CCCCn1c(SCC(=O)Nc2ccc(F)c(F)c2F)nnc1-c1ccc(OC)cc1. The molecule has 2 aromatic carbocycles. The van der Waals surface area contributed by atoms with Crippen LogP contribution in [0.5, 0.6) is 5.75 Å². The van der Waals surface area contributed by atoms with E-state index in [2.05, 4.69) is 22.4 Å². The summed E-state index contributed by atoms with van der Waals surface area (Å²) in [6, 6.07) is 9.12. The number of nitrogens with one attached hydrogen (secondary N) is 1. The third kappa shape index (κ3) is 5.38. The van der Waals surface area contributed by atoms with Crippen molar-refractivity contribution in [1.29, 1.82) is 0 Å². The number of hydrogen-bond acceptors (Lipinski definition) is 5. The normalized spacial score (nSPS) is 10.9. The van der Waals surface area contributed by atoms with Crippen molar-refractivity contribution in [3.05, 3.63) is 53.8 Å². The fraction of sp³-hybridized carbons (Fsp3) is 0.286. The van der Waals surface area contributed by atoms with Gasteiger partial charge in [-0.3, -0.25) is 4.79 Å². The third-order valence-electron chi connectivity index (χ3n) is 4.44. The highest BCUT2D eigenvalue weighted by atomic mass is 32.2. The summed E-state index contributed by atoms with van der Waals surface area (Å²) in [7, 11) is 1.59. The highest BCUT2D eigenvalue weighted by Crippen LogP contribution is 2.27. The number of benzene rings is 2. The van der Waals surface area contributed by atoms with Gasteiger partial charge < -0.3 is 14.6 Å². The molecule has 3 aromatic rings. The molecule has 0 aliphatic carbocycles. The minimum atomic E-state index is -1.63. The molecule has 6 nitrogen and oxygen atoms in total. The van der Waals surface area contributed by atoms with Crippen LogP contribution in [-0.2, 0) is 11.3 Å². The molecule has 1 N–H and O–H groups in total. The lowest BCUT2D eigenvalue weighted by atomic mass is 10.2. The zero-order chi connectivity index (χ0) is 22.4. The van der Waals surface area contributed by atoms with Crippen molar-refractivity contribution < 1.29 is 22.7 Å². The number of anilines is 1. The topological polar surface area (TPSA) is 69.0 Å². The molecule has 0 bridgehead atoms. The smallest absolute Gasteiger partial charge is 0.234 e. The van der Waals surface area contributed by atoms with Gasteiger partial charge in [-0.2, -0.15) is 0 Å². The van der Waals surface area contributed by atoms with Crippen molar-refractivity contribution in [2.75, 3.05) is 18.2 Å². The largest absolute Gasteiger partial charge is 0.497 e. The maximum Gasteiger partial charge on any atom is 0.234 e. The Morgan fingerprint density at radius 1 is 1.10 bits per heavy atom. The summed E-state index contributed by atoms with van der Waals surface area (Å²) in [5.41, 5.74) is 0.431. The van der Waals surface area contributed by atoms with Crippen molar-refractivity contribution in [1.82, 2.24) is 14.8 Å². The number of unbranched alkanes of at least 4 members (excludes halogenated alkanes) is 1. The second-order valence-corrected chi connectivity index (χ2v) is 7.54. The first kappa shape index (κ1) is 22.7. The molecule has 0 unspecified atom stereocenters. The van der Waals surface area contributed by atoms with Crippen LogP contribution in [0.2, 0.25) is 0 Å². The average Bonchev–Trinajstić information content (AvgIpc) is 3.19. The molecule has 0 saturated carbocycles. The van der Waals surface area contributed by atoms with Gasteiger partial charge in [-0.1, -0.05) is 25.1 Å². The highest BCUT2D eigenvalue weighted by molar-refractivity contribution is 7.99. The summed E-state index contributed by atoms with van der Waals surface area (Å²) in [4.78, 5) is 12.2. The Morgan fingerprint density at radius 3 is 2.52 bits per heavy atom. The Labute approximate surface area is 181 Å². The molecule has 3 rings (SSSR count). The number of methoxy groups -OCH3 is 1. The molecule has 0 saturated heterocycles. The Kier molecular flexibility index (Phi) is 7.56. The second-order valence-electron chi connectivity index (χ2n) is 6.60. The van der Waals surface area contributed by atoms with E-state index in [0.29, 0.717) is 17.5 Å². The summed E-state index contributed by atoms with van der Waals surface area (Å²) >= 11 is 1.12. The summed E-state index contributed by atoms with van der Waals surface area (Å²) in [6.45, 7) is 2.72. The monoisotopic (exact) mass is 450 g/mol. The van der Waals surface area contributed by atoms with Crippen LogP contribution in [0, 0.1) is 17.5 Å². The summed E-state index contributed by atoms with van der Waals surface area (Å²) < 4.78 is 47.2. The number of hydrogen-bond donors (Lipinski definition) is 1. The van der Waals surface area contributed by atoms with Crippen molar-refractivity contribution in [2.24, 2.45) is 0 Å². The number of halogens is 3. The summed E-state index contributed by atoms with van der Waals surface area (Å²) in [5, 5.41) is 11.2. The van der Waals surface area contributed by atoms with Crippen molar-refractivity contribution >= 4 is 23.4 Å². The van der Waals surface area contributed by atoms with E-state index in [1.807, 2.05) is 28.8 Å². The standard InChI is InChI=1S/C21H21F3N4O2S/c1-3-4-11-28-20(13-5-7-14(30-2)8-6-13)26-27-21(28)31-12-17(29)25-16-10-9-15(22)18(23)19(16)24/h5-10H,3-4,11-12H2,1-2H3,(H,25,29). The van der Waals surface area contributed by atoms with Gasteiger partial charge in [-0.25, -0.2) is 13.2 Å². The van der Waals surface area contributed by atoms with Crippen molar-refractivity contribution in [3.63, 3.8) is 0 Å². The molecule has 10 heteroatoms. The van der Waals surface area contributed by atoms with Crippen LogP contribution in [0.15, 0.2) is 41.6 Å². The van der Waals surface area contributed by atoms with Crippen molar-refractivity contribution in [3.8, 4) is 17.1 Å². The zero-order valence-corrected chi connectivity index (χ0v) is 17.8. The van der Waals surface area contributed by atoms with Crippen LogP contribution in [0.1, 0.15) is 19.8 Å². The van der Waals surface area contributed by atoms with E-state index in [9.17, 15) is 18.0 Å². The lowest BCUT2D eigenvalue weighted by molar-refractivity contribution is -0.113. The number of ether oxygens (including phenoxy) is 1. The van der Waals surface area contributed by atoms with Crippen LogP contribution in [0.3, 0.4) is 0 Å². The van der Waals surface area contributed by atoms with Crippen LogP contribution in [-0.4, -0.2) is 33.5 Å². The molecule has 0 spiro atoms. The summed E-state index contributed by atoms with van der Waals surface area (Å²) in [6.07, 6.45) is 1.85. The Morgan fingerprint density at radius 2 is 1.84 bits per heavy atom. The first-order chi connectivity index (χ1) is 14.9. The van der Waals surface area contributed by atoms with Crippen LogP contribution < -0.4 is 10.1 Å². The molecule has 1 aromatic heterocycles. The number of nitrogens with zero attached hydrogens (tertiary/aromatic N) is 3. The molecular formula is C21H21F3N4O2S. The number of aromatic nitrogens is 3. The van der Waals surface area contributed by atoms with Gasteiger partial charge in [-0.05, 0) is 42.8 Å². The maximum atomic E-state index is 13.8. The van der Waals surface area contributed by atoms with Crippen molar-refractivity contribution in [2.45, 2.75) is 31.5 Å². The fourth-order valence-electron chi connectivity index (χ4n) is 2.81. The number of amides is 1. The zero-order valence-electron chi connectivity index (χ0n) is 17.0. The van der Waals surface area contributed by atoms with Crippen LogP contribution >= 0.6 is 11.8 Å². The Bertz CT molecular complexity index is 1060. The van der Waals surface area contributed by atoms with E-state index in [1.54, 1.807) is 7.11 Å². The maximum absolute atomic E-state index is 13.8. The second kappa shape index (κ2) is 10.3. The molecule has 31 heavy (non-hydrogen) atoms. The van der Waals surface area contributed by atoms with E-state index >= 15 is 0 Å². The van der Waals surface area contributed by atoms with Gasteiger partial charge in [-0.15, -0.1) is 10.2 Å². The minimum absolute atomic E-state index is 0.106. The number of carbonyl (C=O) groups is 1. The molecular weight excluding hydrogens is 429 g/mol. The molecule has 1 amide bonds. The van der Waals surface area contributed by atoms with E-state index in [-0.39, 0.29) is 5.75 Å². The molecule has 164 valence electrons. The number of thioether (sulfide) groups is 1. The Balaban J connectivity index is 1.74. The lowest BCUT2D eigenvalue weighted by Crippen LogP contribution is -2.16. The highest BCUT2D eigenvalue weighted by Gasteiger charge is 2.18. The van der Waals surface area contributed by atoms with E-state index in [4.69, 9.17) is 4.74 Å². The van der Waals surface area contributed by atoms with Gasteiger partial charge in [0, 0.05) is 12.1 Å². The molecule has 0 radical (unpaired) electrons. The van der Waals surface area contributed by atoms with E-state index in [0.717, 1.165) is 48.0 Å². The van der Waals surface area contributed by atoms with Gasteiger partial charge >= 0.3 is 0 Å². The molecule has 0 atom stereocenters. The molecule has 0 aliphatic rings. The number of rotatable bonds is 9. The predicted octanol–water partition coefficient (Wildman–Crippen LogP) is 4.90. The van der Waals surface area contributed by atoms with Gasteiger partial charge in [0.05, 0.1) is 18.6 Å². The quantitative estimate of drug-likeness (QED) is 0.371. The van der Waals surface area contributed by atoms with Crippen LogP contribution in [0.4, 0.5) is 18.9 Å². The van der Waals surface area contributed by atoms with Gasteiger partial charge in [0.1, 0.15) is 5.75 Å². The third-order valence-corrected chi connectivity index (χ3v) is 5.41. The predicted molar refractivity (Wildman–Crippen MR) is 113 cm³/mol. The minimum Gasteiger partial charge on any atom is -0.497 e. The molecule has 0 aliphatic heterocycles. The number of carbonyl (C=O) groups excluding carboxylic acids is 1. The first-order valence-electron chi connectivity index (χ1n) is 9.58. The average molecular weight is 450 g/mol. The Hall–Kier alpha value is -3.01. The molecule has 1 heterocycles. The van der Waals surface area contributed by atoms with E-state index in [1.165, 1.54) is 0 Å². The summed E-state index contributed by atoms with van der Waals surface area (Å²) in [5.74, 6) is -3.69. The lowest BCUT2D eigenvalue weighted by Gasteiger charge is -2.10. The van der Waals surface area contributed by atoms with Gasteiger partial charge in [0.15, 0.2) is 28.4 Å². The van der Waals surface area contributed by atoms with Gasteiger partial charge in [0.2, 0.25) is 5.91 Å². The fourth-order valence-corrected chi connectivity index (χ4v) is 3.57. The van der Waals surface area contributed by atoms with E-state index < -0.39 is 29.0 Å². The molecule has 0 fully saturated rings. The first-order valence-corrected chi connectivity index (χ1v) is 10.6.